The molecule has 0 aliphatic heterocycles. The van der Waals surface area contributed by atoms with Crippen LogP contribution in [-0.4, -0.2) is 5.97 Å². The maximum absolute atomic E-state index is 14.2. The lowest BCUT2D eigenvalue weighted by atomic mass is 9.92. The summed E-state index contributed by atoms with van der Waals surface area (Å²) in [6, 6.07) is 6.12. The van der Waals surface area contributed by atoms with Crippen LogP contribution in [0.4, 0.5) is 8.92 Å². The van der Waals surface area contributed by atoms with Gasteiger partial charge in [0.1, 0.15) is 0 Å². The first-order valence-electron chi connectivity index (χ1n) is 4.83. The van der Waals surface area contributed by atoms with Gasteiger partial charge < -0.3 is 0 Å². The fraction of sp³-hybridized carbons (Fsp3) is 0.250. The fourth-order valence-electron chi connectivity index (χ4n) is 1.44. The molecule has 4 heteroatoms. The Morgan fingerprint density at radius 2 is 2.31 bits per heavy atom. The van der Waals surface area contributed by atoms with E-state index in [4.69, 9.17) is 0 Å². The van der Waals surface area contributed by atoms with E-state index in [9.17, 15) is 13.7 Å². The zero-order valence-electron chi connectivity index (χ0n) is 8.87. The van der Waals surface area contributed by atoms with E-state index < -0.39 is 11.6 Å². The minimum atomic E-state index is -2.45. The first-order valence-corrected chi connectivity index (χ1v) is 4.83. The molecule has 0 aromatic heterocycles. The second-order valence-corrected chi connectivity index (χ2v) is 3.35. The van der Waals surface area contributed by atoms with E-state index in [0.717, 1.165) is 0 Å². The highest BCUT2D eigenvalue weighted by atomic mass is 19.3. The number of benzene rings is 1. The van der Waals surface area contributed by atoms with Gasteiger partial charge in [-0.2, -0.15) is 0 Å². The van der Waals surface area contributed by atoms with Gasteiger partial charge in [0, 0.05) is 10.1 Å². The zero-order chi connectivity index (χ0) is 12.2. The molecule has 86 valence electrons. The van der Waals surface area contributed by atoms with Gasteiger partial charge in [-0.1, -0.05) is 37.8 Å². The van der Waals surface area contributed by atoms with Crippen LogP contribution in [0.25, 0.3) is 6.08 Å². The quantitative estimate of drug-likeness (QED) is 0.787. The molecule has 0 amide bonds. The third-order valence-electron chi connectivity index (χ3n) is 2.46. The van der Waals surface area contributed by atoms with Gasteiger partial charge in [-0.25, -0.2) is 9.18 Å². The van der Waals surface area contributed by atoms with Crippen LogP contribution < -0.4 is 0 Å². The molecule has 0 bridgehead atoms. The molecule has 0 N–H and O–H groups in total. The minimum absolute atomic E-state index is 0.0649. The topological polar surface area (TPSA) is 26.3 Å². The molecule has 0 radical (unpaired) electrons. The van der Waals surface area contributed by atoms with Gasteiger partial charge in [0.2, 0.25) is 5.67 Å². The predicted octanol–water partition coefficient (Wildman–Crippen LogP) is 3.33. The first kappa shape index (κ1) is 12.4. The molecule has 0 saturated heterocycles. The highest BCUT2D eigenvalue weighted by Gasteiger charge is 2.41. The summed E-state index contributed by atoms with van der Waals surface area (Å²) in [7, 11) is 0. The van der Waals surface area contributed by atoms with Crippen molar-refractivity contribution in [3.05, 3.63) is 42.0 Å². The van der Waals surface area contributed by atoms with Crippen molar-refractivity contribution in [1.29, 1.82) is 0 Å². The number of carbonyl (C=O) groups excluding carboxylic acids is 1. The number of carbonyl (C=O) groups is 1. The summed E-state index contributed by atoms with van der Waals surface area (Å²) in [5, 5.41) is 0. The van der Waals surface area contributed by atoms with Crippen LogP contribution in [0.2, 0.25) is 0 Å². The average molecular weight is 226 g/mol. The van der Waals surface area contributed by atoms with Crippen LogP contribution in [0, 0.1) is 0 Å². The lowest BCUT2D eigenvalue weighted by Gasteiger charge is -2.19. The molecule has 16 heavy (non-hydrogen) atoms. The van der Waals surface area contributed by atoms with Crippen molar-refractivity contribution < 1.29 is 18.7 Å². The van der Waals surface area contributed by atoms with Gasteiger partial charge in [0.05, 0.1) is 0 Å². The van der Waals surface area contributed by atoms with Crippen molar-refractivity contribution in [2.45, 2.75) is 19.0 Å². The standard InChI is InChI=1S/C12H12F2O2/c1-3-9-6-5-7-10(8-9)12(13,4-2)11(15)16-14/h3,5-8H,1,4H2,2H3. The third kappa shape index (κ3) is 2.10. The number of halogens is 2. The number of hydrogen-bond acceptors (Lipinski definition) is 2. The van der Waals surface area contributed by atoms with E-state index in [1.54, 1.807) is 12.1 Å². The number of hydrogen-bond donors (Lipinski definition) is 0. The Kier molecular flexibility index (Phi) is 3.77. The summed E-state index contributed by atoms with van der Waals surface area (Å²) in [5.74, 6) is -1.53. The Morgan fingerprint density at radius 1 is 1.62 bits per heavy atom. The Bertz CT molecular complexity index is 404. The van der Waals surface area contributed by atoms with Gasteiger partial charge in [0.25, 0.3) is 0 Å². The molecule has 1 aromatic rings. The van der Waals surface area contributed by atoms with E-state index in [0.29, 0.717) is 5.56 Å². The maximum atomic E-state index is 14.2. The molecule has 2 nitrogen and oxygen atoms in total. The van der Waals surface area contributed by atoms with E-state index in [-0.39, 0.29) is 12.0 Å². The van der Waals surface area contributed by atoms with E-state index in [2.05, 4.69) is 11.5 Å². The summed E-state index contributed by atoms with van der Waals surface area (Å²) in [6.45, 7) is 4.97. The fourth-order valence-corrected chi connectivity index (χ4v) is 1.44. The Balaban J connectivity index is 3.21. The normalized spacial score (nSPS) is 13.9. The molecule has 0 aliphatic rings. The predicted molar refractivity (Wildman–Crippen MR) is 56.8 cm³/mol. The second kappa shape index (κ2) is 4.88. The molecule has 1 aromatic carbocycles. The maximum Gasteiger partial charge on any atom is 0.390 e. The lowest BCUT2D eigenvalue weighted by Crippen LogP contribution is -2.30. The van der Waals surface area contributed by atoms with Crippen LogP contribution in [0.5, 0.6) is 0 Å². The summed E-state index contributed by atoms with van der Waals surface area (Å²) in [5.41, 5.74) is -1.73. The van der Waals surface area contributed by atoms with Crippen LogP contribution in [0.1, 0.15) is 24.5 Å². The second-order valence-electron chi connectivity index (χ2n) is 3.35. The third-order valence-corrected chi connectivity index (χ3v) is 2.46. The lowest BCUT2D eigenvalue weighted by molar-refractivity contribution is -0.199. The molecule has 0 heterocycles. The number of alkyl halides is 1. The van der Waals surface area contributed by atoms with Gasteiger partial charge in [-0.05, 0) is 18.1 Å². The largest absolute Gasteiger partial charge is 0.390 e. The summed E-state index contributed by atoms with van der Waals surface area (Å²) in [4.78, 5) is 14.1. The summed E-state index contributed by atoms with van der Waals surface area (Å²) in [6.07, 6.45) is 1.32. The van der Waals surface area contributed by atoms with E-state index in [1.165, 1.54) is 25.1 Å². The molecular formula is C12H12F2O2. The summed E-state index contributed by atoms with van der Waals surface area (Å²) < 4.78 is 26.0. The van der Waals surface area contributed by atoms with Crippen LogP contribution in [0.3, 0.4) is 0 Å². The monoisotopic (exact) mass is 226 g/mol. The smallest absolute Gasteiger partial charge is 0.251 e. The van der Waals surface area contributed by atoms with Gasteiger partial charge >= 0.3 is 5.97 Å². The zero-order valence-corrected chi connectivity index (χ0v) is 8.87. The van der Waals surface area contributed by atoms with Crippen molar-refractivity contribution >= 4 is 12.0 Å². The molecule has 0 aliphatic carbocycles. The van der Waals surface area contributed by atoms with Gasteiger partial charge in [-0.3, -0.25) is 4.94 Å². The highest BCUT2D eigenvalue weighted by Crippen LogP contribution is 2.32. The van der Waals surface area contributed by atoms with Crippen LogP contribution in [-0.2, 0) is 15.4 Å². The Hall–Kier alpha value is -1.71. The Morgan fingerprint density at radius 3 is 2.81 bits per heavy atom. The van der Waals surface area contributed by atoms with Crippen molar-refractivity contribution in [3.8, 4) is 0 Å². The van der Waals surface area contributed by atoms with Crippen molar-refractivity contribution in [1.82, 2.24) is 0 Å². The molecule has 1 unspecified atom stereocenters. The highest BCUT2D eigenvalue weighted by molar-refractivity contribution is 5.81. The first-order chi connectivity index (χ1) is 7.58. The van der Waals surface area contributed by atoms with Crippen LogP contribution >= 0.6 is 0 Å². The molecular weight excluding hydrogens is 214 g/mol. The van der Waals surface area contributed by atoms with Crippen molar-refractivity contribution in [2.24, 2.45) is 0 Å². The Labute approximate surface area is 92.4 Å². The number of rotatable bonds is 4. The molecule has 1 rings (SSSR count). The molecule has 0 spiro atoms. The summed E-state index contributed by atoms with van der Waals surface area (Å²) >= 11 is 0. The van der Waals surface area contributed by atoms with Crippen LogP contribution in [0.15, 0.2) is 30.8 Å². The van der Waals surface area contributed by atoms with Gasteiger partial charge in [-0.15, -0.1) is 0 Å². The molecule has 0 saturated carbocycles. The van der Waals surface area contributed by atoms with E-state index in [1.807, 2.05) is 0 Å². The van der Waals surface area contributed by atoms with Gasteiger partial charge in [0.15, 0.2) is 0 Å². The van der Waals surface area contributed by atoms with Crippen molar-refractivity contribution in [2.75, 3.05) is 0 Å². The minimum Gasteiger partial charge on any atom is -0.251 e. The van der Waals surface area contributed by atoms with E-state index >= 15 is 0 Å². The molecule has 0 fully saturated rings. The average Bonchev–Trinajstić information content (AvgIpc) is 2.36. The SMILES string of the molecule is C=Cc1cccc(C(F)(CC)C(=O)OF)c1. The molecule has 1 atom stereocenters. The van der Waals surface area contributed by atoms with Crippen molar-refractivity contribution in [3.63, 3.8) is 0 Å².